The average Bonchev–Trinajstić information content (AvgIpc) is 2.53. The first-order chi connectivity index (χ1) is 12.2. The van der Waals surface area contributed by atoms with Gasteiger partial charge in [-0.05, 0) is 56.7 Å². The summed E-state index contributed by atoms with van der Waals surface area (Å²) in [6, 6.07) is 9.00. The Morgan fingerprint density at radius 1 is 1.15 bits per heavy atom. The van der Waals surface area contributed by atoms with Gasteiger partial charge in [0.1, 0.15) is 17.2 Å². The average molecular weight is 419 g/mol. The van der Waals surface area contributed by atoms with Crippen LogP contribution in [0.4, 0.5) is 0 Å². The van der Waals surface area contributed by atoms with E-state index in [0.29, 0.717) is 11.4 Å². The van der Waals surface area contributed by atoms with Gasteiger partial charge < -0.3 is 10.1 Å². The number of nitrogens with zero attached hydrogens (tertiary/aromatic N) is 1. The molecule has 0 spiro atoms. The number of ether oxygens (including phenoxy) is 1. The van der Waals surface area contributed by atoms with E-state index in [2.05, 4.69) is 26.2 Å². The number of carbonyl (C=O) groups excluding carboxylic acids is 2. The Bertz CT molecular complexity index is 813. The highest BCUT2D eigenvalue weighted by atomic mass is 79.9. The van der Waals surface area contributed by atoms with Gasteiger partial charge >= 0.3 is 0 Å². The van der Waals surface area contributed by atoms with E-state index in [1.165, 1.54) is 0 Å². The molecule has 6 heteroatoms. The number of carbonyl (C=O) groups is 2. The molecule has 26 heavy (non-hydrogen) atoms. The number of pyridine rings is 1. The third-order valence-electron chi connectivity index (χ3n) is 3.58. The molecule has 5 nitrogen and oxygen atoms in total. The van der Waals surface area contributed by atoms with E-state index >= 15 is 0 Å². The summed E-state index contributed by atoms with van der Waals surface area (Å²) in [4.78, 5) is 28.8. The van der Waals surface area contributed by atoms with Crippen LogP contribution >= 0.6 is 15.9 Å². The fraction of sp³-hybridized carbons (Fsp3) is 0.350. The molecule has 0 atom stereocenters. The van der Waals surface area contributed by atoms with Crippen molar-refractivity contribution in [2.24, 2.45) is 0 Å². The van der Waals surface area contributed by atoms with Crippen molar-refractivity contribution >= 4 is 27.6 Å². The van der Waals surface area contributed by atoms with Crippen molar-refractivity contribution in [2.75, 3.05) is 7.11 Å². The van der Waals surface area contributed by atoms with Crippen LogP contribution in [0.25, 0.3) is 0 Å². The van der Waals surface area contributed by atoms with Gasteiger partial charge in [0.25, 0.3) is 5.91 Å². The minimum atomic E-state index is -0.345. The van der Waals surface area contributed by atoms with Gasteiger partial charge in [-0.2, -0.15) is 0 Å². The van der Waals surface area contributed by atoms with E-state index in [0.717, 1.165) is 15.6 Å². The van der Waals surface area contributed by atoms with Crippen molar-refractivity contribution in [3.05, 3.63) is 57.8 Å². The zero-order valence-corrected chi connectivity index (χ0v) is 17.0. The van der Waals surface area contributed by atoms with Crippen LogP contribution in [0.3, 0.4) is 0 Å². The standard InChI is InChI=1S/C20H23BrN2O3/c1-20(2,3)23-19(25)17-10-13(7-8-22-17)9-16(24)12-14-11-15(21)5-6-18(14)26-4/h5-8,10-11H,9,12H2,1-4H3,(H,23,25). The van der Waals surface area contributed by atoms with Crippen LogP contribution < -0.4 is 10.1 Å². The number of rotatable bonds is 6. The lowest BCUT2D eigenvalue weighted by atomic mass is 10.0. The second-order valence-corrected chi connectivity index (χ2v) is 8.02. The highest BCUT2D eigenvalue weighted by molar-refractivity contribution is 9.10. The van der Waals surface area contributed by atoms with Gasteiger partial charge in [-0.25, -0.2) is 0 Å². The number of hydrogen-bond acceptors (Lipinski definition) is 4. The number of aromatic nitrogens is 1. The number of amides is 1. The van der Waals surface area contributed by atoms with E-state index in [1.54, 1.807) is 25.4 Å². The van der Waals surface area contributed by atoms with Crippen molar-refractivity contribution in [3.8, 4) is 5.75 Å². The molecule has 1 amide bonds. The van der Waals surface area contributed by atoms with Crippen LogP contribution in [0.15, 0.2) is 41.0 Å². The Hall–Kier alpha value is -2.21. The van der Waals surface area contributed by atoms with E-state index < -0.39 is 0 Å². The topological polar surface area (TPSA) is 68.3 Å². The van der Waals surface area contributed by atoms with Crippen molar-refractivity contribution in [1.82, 2.24) is 10.3 Å². The smallest absolute Gasteiger partial charge is 0.270 e. The summed E-state index contributed by atoms with van der Waals surface area (Å²) in [7, 11) is 1.58. The number of hydrogen-bond donors (Lipinski definition) is 1. The van der Waals surface area contributed by atoms with Crippen LogP contribution in [-0.2, 0) is 17.6 Å². The normalized spacial score (nSPS) is 11.1. The van der Waals surface area contributed by atoms with E-state index in [9.17, 15) is 9.59 Å². The van der Waals surface area contributed by atoms with Gasteiger partial charge in [0, 0.05) is 34.6 Å². The second-order valence-electron chi connectivity index (χ2n) is 7.10. The largest absolute Gasteiger partial charge is 0.496 e. The lowest BCUT2D eigenvalue weighted by Gasteiger charge is -2.20. The highest BCUT2D eigenvalue weighted by Crippen LogP contribution is 2.24. The minimum Gasteiger partial charge on any atom is -0.496 e. The Morgan fingerprint density at radius 2 is 1.88 bits per heavy atom. The number of methoxy groups -OCH3 is 1. The molecule has 0 fully saturated rings. The Morgan fingerprint density at radius 3 is 2.54 bits per heavy atom. The van der Waals surface area contributed by atoms with E-state index in [4.69, 9.17) is 4.74 Å². The van der Waals surface area contributed by atoms with Crippen molar-refractivity contribution < 1.29 is 14.3 Å². The van der Waals surface area contributed by atoms with Gasteiger partial charge in [0.2, 0.25) is 0 Å². The first-order valence-corrected chi connectivity index (χ1v) is 9.09. The zero-order chi connectivity index (χ0) is 19.3. The quantitative estimate of drug-likeness (QED) is 0.775. The highest BCUT2D eigenvalue weighted by Gasteiger charge is 2.17. The molecule has 2 aromatic rings. The van der Waals surface area contributed by atoms with Crippen molar-refractivity contribution in [3.63, 3.8) is 0 Å². The summed E-state index contributed by atoms with van der Waals surface area (Å²) in [6.45, 7) is 5.72. The van der Waals surface area contributed by atoms with Gasteiger partial charge in [-0.3, -0.25) is 14.6 Å². The van der Waals surface area contributed by atoms with Crippen LogP contribution in [0.1, 0.15) is 42.4 Å². The molecule has 0 radical (unpaired) electrons. The lowest BCUT2D eigenvalue weighted by Crippen LogP contribution is -2.40. The van der Waals surface area contributed by atoms with Gasteiger partial charge in [-0.1, -0.05) is 15.9 Å². The van der Waals surface area contributed by atoms with Gasteiger partial charge in [-0.15, -0.1) is 0 Å². The predicted molar refractivity (Wildman–Crippen MR) is 105 cm³/mol. The molecule has 0 saturated carbocycles. The Labute approximate surface area is 162 Å². The third kappa shape index (κ3) is 5.95. The molecular formula is C20H23BrN2O3. The van der Waals surface area contributed by atoms with Crippen LogP contribution in [-0.4, -0.2) is 29.3 Å². The summed E-state index contributed by atoms with van der Waals surface area (Å²) in [5, 5.41) is 2.87. The van der Waals surface area contributed by atoms with Crippen LogP contribution in [0.2, 0.25) is 0 Å². The molecule has 0 aliphatic rings. The fourth-order valence-electron chi connectivity index (χ4n) is 2.50. The number of nitrogens with one attached hydrogen (secondary N) is 1. The summed E-state index contributed by atoms with van der Waals surface area (Å²) >= 11 is 3.41. The molecule has 138 valence electrons. The summed E-state index contributed by atoms with van der Waals surface area (Å²) in [5.41, 5.74) is 1.55. The number of benzene rings is 1. The third-order valence-corrected chi connectivity index (χ3v) is 4.07. The van der Waals surface area contributed by atoms with Crippen molar-refractivity contribution in [1.29, 1.82) is 0 Å². The maximum absolute atomic E-state index is 12.5. The SMILES string of the molecule is COc1ccc(Br)cc1CC(=O)Cc1ccnc(C(=O)NC(C)(C)C)c1. The minimum absolute atomic E-state index is 0.0368. The molecular weight excluding hydrogens is 396 g/mol. The first kappa shape index (κ1) is 20.1. The summed E-state index contributed by atoms with van der Waals surface area (Å²) in [6.07, 6.45) is 2.04. The molecule has 0 aliphatic carbocycles. The Balaban J connectivity index is 2.09. The van der Waals surface area contributed by atoms with Crippen LogP contribution in [0, 0.1) is 0 Å². The maximum atomic E-state index is 12.5. The molecule has 1 heterocycles. The molecule has 0 unspecified atom stereocenters. The molecule has 0 saturated heterocycles. The second kappa shape index (κ2) is 8.45. The number of ketones is 1. The zero-order valence-electron chi connectivity index (χ0n) is 15.4. The monoisotopic (exact) mass is 418 g/mol. The maximum Gasteiger partial charge on any atom is 0.270 e. The number of halogens is 1. The first-order valence-electron chi connectivity index (χ1n) is 8.29. The number of Topliss-reactive ketones (excluding diaryl/α,β-unsaturated/α-hetero) is 1. The lowest BCUT2D eigenvalue weighted by molar-refractivity contribution is -0.117. The van der Waals surface area contributed by atoms with Crippen molar-refractivity contribution in [2.45, 2.75) is 39.2 Å². The van der Waals surface area contributed by atoms with Gasteiger partial charge in [0.15, 0.2) is 0 Å². The molecule has 1 aromatic heterocycles. The molecule has 1 N–H and O–H groups in total. The fourth-order valence-corrected chi connectivity index (χ4v) is 2.91. The summed E-state index contributed by atoms with van der Waals surface area (Å²) in [5.74, 6) is 0.469. The summed E-state index contributed by atoms with van der Waals surface area (Å²) < 4.78 is 6.21. The molecule has 0 bridgehead atoms. The molecule has 1 aromatic carbocycles. The predicted octanol–water partition coefficient (Wildman–Crippen LogP) is 3.74. The molecule has 0 aliphatic heterocycles. The van der Waals surface area contributed by atoms with E-state index in [-0.39, 0.29) is 30.1 Å². The van der Waals surface area contributed by atoms with Crippen LogP contribution in [0.5, 0.6) is 5.75 Å². The van der Waals surface area contributed by atoms with Gasteiger partial charge in [0.05, 0.1) is 7.11 Å². The molecule has 2 rings (SSSR count). The Kier molecular flexibility index (Phi) is 6.53. The van der Waals surface area contributed by atoms with E-state index in [1.807, 2.05) is 39.0 Å².